The third-order valence-electron chi connectivity index (χ3n) is 4.43. The van der Waals surface area contributed by atoms with Crippen LogP contribution in [0.15, 0.2) is 30.7 Å². The minimum Gasteiger partial charge on any atom is -0.373 e. The first-order chi connectivity index (χ1) is 12.8. The number of morpholine rings is 1. The lowest BCUT2D eigenvalue weighted by atomic mass is 10.3. The molecule has 1 N–H and O–H groups in total. The van der Waals surface area contributed by atoms with Gasteiger partial charge in [-0.1, -0.05) is 0 Å². The van der Waals surface area contributed by atoms with Crippen molar-refractivity contribution in [3.8, 4) is 5.82 Å². The monoisotopic (exact) mass is 395 g/mol. The van der Waals surface area contributed by atoms with Gasteiger partial charge in [-0.3, -0.25) is 9.48 Å². The van der Waals surface area contributed by atoms with Crippen LogP contribution in [0.2, 0.25) is 0 Å². The predicted molar refractivity (Wildman–Crippen MR) is 100 cm³/mol. The molecule has 3 rings (SSSR count). The predicted octanol–water partition coefficient (Wildman–Crippen LogP) is 0.380. The Morgan fingerprint density at radius 1 is 1.26 bits per heavy atom. The van der Waals surface area contributed by atoms with Crippen molar-refractivity contribution >= 4 is 15.9 Å². The zero-order valence-corrected chi connectivity index (χ0v) is 16.5. The maximum atomic E-state index is 12.6. The lowest BCUT2D eigenvalue weighted by molar-refractivity contribution is -0.0440. The minimum absolute atomic E-state index is 0.0291. The number of hydrogen-bond donors (Lipinski definition) is 1. The van der Waals surface area contributed by atoms with Crippen LogP contribution in [-0.2, 0) is 21.8 Å². The average Bonchev–Trinajstić information content (AvgIpc) is 3.22. The van der Waals surface area contributed by atoms with Gasteiger partial charge in [-0.15, -0.1) is 0 Å². The number of nitrogens with zero attached hydrogens (tertiary/aromatic N) is 4. The second-order valence-corrected chi connectivity index (χ2v) is 8.83. The minimum atomic E-state index is -3.46. The molecule has 0 saturated carbocycles. The summed E-state index contributed by atoms with van der Waals surface area (Å²) in [6.45, 7) is 4.40. The van der Waals surface area contributed by atoms with Gasteiger partial charge in [0.05, 0.1) is 24.2 Å². The number of nitrogens with one attached hydrogen (secondary N) is 1. The van der Waals surface area contributed by atoms with E-state index in [-0.39, 0.29) is 30.4 Å². The van der Waals surface area contributed by atoms with Gasteiger partial charge >= 0.3 is 0 Å². The fraction of sp³-hybridized carbons (Fsp3) is 0.529. The zero-order valence-electron chi connectivity index (χ0n) is 15.7. The van der Waals surface area contributed by atoms with Gasteiger partial charge < -0.3 is 14.6 Å². The van der Waals surface area contributed by atoms with Crippen molar-refractivity contribution in [1.82, 2.24) is 24.0 Å². The number of carbonyl (C=O) groups excluding carboxylic acids is 1. The first-order valence-corrected chi connectivity index (χ1v) is 10.5. The van der Waals surface area contributed by atoms with E-state index in [2.05, 4.69) is 10.4 Å². The third-order valence-corrected chi connectivity index (χ3v) is 6.23. The third kappa shape index (κ3) is 4.40. The molecule has 0 aliphatic carbocycles. The van der Waals surface area contributed by atoms with Gasteiger partial charge in [-0.25, -0.2) is 8.42 Å². The number of aromatic nitrogens is 3. The van der Waals surface area contributed by atoms with Crippen LogP contribution >= 0.6 is 0 Å². The van der Waals surface area contributed by atoms with Gasteiger partial charge in [0.2, 0.25) is 10.0 Å². The Balaban J connectivity index is 1.62. The highest BCUT2D eigenvalue weighted by Gasteiger charge is 2.30. The van der Waals surface area contributed by atoms with Crippen molar-refractivity contribution in [3.05, 3.63) is 36.3 Å². The molecule has 1 aliphatic heterocycles. The van der Waals surface area contributed by atoms with E-state index < -0.39 is 10.0 Å². The number of ether oxygens (including phenoxy) is 1. The van der Waals surface area contributed by atoms with Crippen molar-refractivity contribution < 1.29 is 17.9 Å². The molecule has 27 heavy (non-hydrogen) atoms. The fourth-order valence-corrected chi connectivity index (χ4v) is 4.74. The number of carbonyl (C=O) groups is 1. The smallest absolute Gasteiger partial charge is 0.256 e. The van der Waals surface area contributed by atoms with Crippen molar-refractivity contribution in [2.24, 2.45) is 7.05 Å². The van der Waals surface area contributed by atoms with Gasteiger partial charge in [0, 0.05) is 39.1 Å². The highest BCUT2D eigenvalue weighted by molar-refractivity contribution is 7.89. The molecule has 2 aromatic rings. The molecule has 10 heteroatoms. The Kier molecular flexibility index (Phi) is 5.68. The number of aryl methyl sites for hydroxylation is 1. The summed E-state index contributed by atoms with van der Waals surface area (Å²) < 4.78 is 35.5. The molecule has 0 radical (unpaired) electrons. The van der Waals surface area contributed by atoms with Crippen LogP contribution in [0.4, 0.5) is 0 Å². The highest BCUT2D eigenvalue weighted by atomic mass is 32.2. The molecule has 0 unspecified atom stereocenters. The van der Waals surface area contributed by atoms with E-state index in [1.807, 2.05) is 38.4 Å². The summed E-state index contributed by atoms with van der Waals surface area (Å²) in [5.41, 5.74) is 0.389. The normalized spacial score (nSPS) is 21.3. The van der Waals surface area contributed by atoms with Crippen LogP contribution in [0.1, 0.15) is 24.2 Å². The standard InChI is InChI=1S/C17H25N5O4S/c1-13-11-22(12-14(2)26-13)27(24,25)9-6-18-16(23)15-10-19-20(3)17(15)21-7-4-5-8-21/h4-5,7-8,10,13-14H,6,9,11-12H2,1-3H3,(H,18,23)/t13-,14-/m0/s1. The second-order valence-electron chi connectivity index (χ2n) is 6.74. The van der Waals surface area contributed by atoms with Crippen LogP contribution < -0.4 is 5.32 Å². The zero-order chi connectivity index (χ0) is 19.6. The fourth-order valence-electron chi connectivity index (χ4n) is 3.25. The van der Waals surface area contributed by atoms with E-state index >= 15 is 0 Å². The SMILES string of the molecule is C[C@H]1CN(S(=O)(=O)CCNC(=O)c2cnn(C)c2-n2cccc2)C[C@H](C)O1. The maximum absolute atomic E-state index is 12.6. The summed E-state index contributed by atoms with van der Waals surface area (Å²) in [5.74, 6) is 0.110. The van der Waals surface area contributed by atoms with Gasteiger partial charge in [0.15, 0.2) is 0 Å². The van der Waals surface area contributed by atoms with E-state index in [0.29, 0.717) is 24.5 Å². The number of rotatable bonds is 6. The molecular weight excluding hydrogens is 370 g/mol. The first-order valence-electron chi connectivity index (χ1n) is 8.85. The van der Waals surface area contributed by atoms with Gasteiger partial charge in [0.25, 0.3) is 5.91 Å². The Morgan fingerprint density at radius 3 is 2.52 bits per heavy atom. The van der Waals surface area contributed by atoms with Crippen LogP contribution in [0.25, 0.3) is 5.82 Å². The molecule has 0 aromatic carbocycles. The lowest BCUT2D eigenvalue weighted by Gasteiger charge is -2.34. The molecule has 1 fully saturated rings. The van der Waals surface area contributed by atoms with Crippen molar-refractivity contribution in [2.75, 3.05) is 25.4 Å². The van der Waals surface area contributed by atoms with Crippen molar-refractivity contribution in [3.63, 3.8) is 0 Å². The molecule has 1 aliphatic rings. The van der Waals surface area contributed by atoms with Gasteiger partial charge in [0.1, 0.15) is 11.4 Å². The highest BCUT2D eigenvalue weighted by Crippen LogP contribution is 2.15. The van der Waals surface area contributed by atoms with Crippen LogP contribution in [-0.4, -0.2) is 70.6 Å². The Hall–Kier alpha value is -2.17. The molecule has 1 amide bonds. The van der Waals surface area contributed by atoms with Crippen molar-refractivity contribution in [2.45, 2.75) is 26.1 Å². The lowest BCUT2D eigenvalue weighted by Crippen LogP contribution is -2.49. The Morgan fingerprint density at radius 2 is 1.89 bits per heavy atom. The summed E-state index contributed by atoms with van der Waals surface area (Å²) in [6.07, 6.45) is 4.83. The number of amides is 1. The Bertz CT molecular complexity index is 881. The van der Waals surface area contributed by atoms with Gasteiger partial charge in [-0.2, -0.15) is 9.40 Å². The van der Waals surface area contributed by atoms with Crippen molar-refractivity contribution in [1.29, 1.82) is 0 Å². The molecular formula is C17H25N5O4S. The quantitative estimate of drug-likeness (QED) is 0.762. The van der Waals surface area contributed by atoms with E-state index in [1.54, 1.807) is 16.3 Å². The molecule has 0 bridgehead atoms. The average molecular weight is 395 g/mol. The summed E-state index contributed by atoms with van der Waals surface area (Å²) in [6, 6.07) is 3.71. The molecule has 3 heterocycles. The van der Waals surface area contributed by atoms with E-state index in [4.69, 9.17) is 4.74 Å². The molecule has 1 saturated heterocycles. The topological polar surface area (TPSA) is 98.5 Å². The summed E-state index contributed by atoms with van der Waals surface area (Å²) in [4.78, 5) is 12.5. The van der Waals surface area contributed by atoms with E-state index in [9.17, 15) is 13.2 Å². The molecule has 2 aromatic heterocycles. The number of sulfonamides is 1. The number of hydrogen-bond acceptors (Lipinski definition) is 5. The van der Waals surface area contributed by atoms with Crippen LogP contribution in [0.5, 0.6) is 0 Å². The molecule has 2 atom stereocenters. The van der Waals surface area contributed by atoms with Crippen LogP contribution in [0, 0.1) is 0 Å². The molecule has 0 spiro atoms. The summed E-state index contributed by atoms with van der Waals surface area (Å²) >= 11 is 0. The largest absolute Gasteiger partial charge is 0.373 e. The maximum Gasteiger partial charge on any atom is 0.256 e. The first kappa shape index (κ1) is 19.6. The molecule has 148 valence electrons. The second kappa shape index (κ2) is 7.83. The molecule has 9 nitrogen and oxygen atoms in total. The summed E-state index contributed by atoms with van der Waals surface area (Å²) in [7, 11) is -1.72. The Labute approximate surface area is 159 Å². The van der Waals surface area contributed by atoms with E-state index in [0.717, 1.165) is 0 Å². The van der Waals surface area contributed by atoms with Crippen LogP contribution in [0.3, 0.4) is 0 Å². The van der Waals surface area contributed by atoms with Gasteiger partial charge in [-0.05, 0) is 26.0 Å². The summed E-state index contributed by atoms with van der Waals surface area (Å²) in [5, 5.41) is 6.82. The van der Waals surface area contributed by atoms with E-state index in [1.165, 1.54) is 10.5 Å².